The lowest BCUT2D eigenvalue weighted by Crippen LogP contribution is -2.08. The average Bonchev–Trinajstić information content (AvgIpc) is 2.36. The Morgan fingerprint density at radius 3 is 2.53 bits per heavy atom. The standard InChI is InChI=1S/C18H21N/c1-4-5-9-14(2)19-15(3)17-12-13-18(17)16-10-7-6-8-11-16/h5-14H,4H2,1-3H3/b9-5?,19-15+. The monoisotopic (exact) mass is 251 g/mol. The molecular formula is C18H21N. The van der Waals surface area contributed by atoms with Crippen LogP contribution in [0.2, 0.25) is 0 Å². The maximum Gasteiger partial charge on any atom is 0.0655 e. The Morgan fingerprint density at radius 1 is 1.21 bits per heavy atom. The summed E-state index contributed by atoms with van der Waals surface area (Å²) >= 11 is 0. The Morgan fingerprint density at radius 2 is 1.95 bits per heavy atom. The minimum Gasteiger partial charge on any atom is -0.282 e. The molecule has 1 aliphatic carbocycles. The van der Waals surface area contributed by atoms with Gasteiger partial charge in [-0.1, -0.05) is 61.6 Å². The smallest absolute Gasteiger partial charge is 0.0655 e. The van der Waals surface area contributed by atoms with Gasteiger partial charge in [0.1, 0.15) is 0 Å². The highest BCUT2D eigenvalue weighted by Crippen LogP contribution is 2.29. The zero-order valence-electron chi connectivity index (χ0n) is 11.9. The third-order valence-electron chi connectivity index (χ3n) is 3.23. The van der Waals surface area contributed by atoms with E-state index in [0.29, 0.717) is 0 Å². The maximum absolute atomic E-state index is 4.73. The van der Waals surface area contributed by atoms with Gasteiger partial charge in [0.15, 0.2) is 0 Å². The van der Waals surface area contributed by atoms with Gasteiger partial charge in [-0.05, 0) is 31.4 Å². The normalized spacial score (nSPS) is 16.9. The van der Waals surface area contributed by atoms with Gasteiger partial charge in [-0.3, -0.25) is 4.99 Å². The molecule has 1 unspecified atom stereocenters. The van der Waals surface area contributed by atoms with Gasteiger partial charge < -0.3 is 0 Å². The van der Waals surface area contributed by atoms with Crippen molar-refractivity contribution >= 4 is 11.3 Å². The van der Waals surface area contributed by atoms with Gasteiger partial charge in [0, 0.05) is 11.3 Å². The third-order valence-corrected chi connectivity index (χ3v) is 3.23. The van der Waals surface area contributed by atoms with Crippen LogP contribution in [-0.4, -0.2) is 11.8 Å². The lowest BCUT2D eigenvalue weighted by atomic mass is 9.89. The Bertz CT molecular complexity index is 544. The Kier molecular flexibility index (Phi) is 4.51. The zero-order chi connectivity index (χ0) is 13.7. The van der Waals surface area contributed by atoms with Gasteiger partial charge in [0.2, 0.25) is 0 Å². The van der Waals surface area contributed by atoms with E-state index in [1.54, 1.807) is 0 Å². The molecular weight excluding hydrogens is 230 g/mol. The number of allylic oxidation sites excluding steroid dienone is 5. The van der Waals surface area contributed by atoms with Gasteiger partial charge in [-0.2, -0.15) is 0 Å². The topological polar surface area (TPSA) is 12.4 Å². The molecule has 1 aromatic rings. The number of aliphatic imine (C=N–C) groups is 1. The molecule has 0 aromatic heterocycles. The highest BCUT2D eigenvalue weighted by atomic mass is 14.8. The first-order valence-corrected chi connectivity index (χ1v) is 6.91. The van der Waals surface area contributed by atoms with Gasteiger partial charge >= 0.3 is 0 Å². The molecule has 0 radical (unpaired) electrons. The van der Waals surface area contributed by atoms with Crippen molar-refractivity contribution in [3.05, 3.63) is 65.8 Å². The van der Waals surface area contributed by atoms with Crippen LogP contribution in [0.4, 0.5) is 0 Å². The molecule has 1 nitrogen and oxygen atoms in total. The van der Waals surface area contributed by atoms with Crippen molar-refractivity contribution in [1.29, 1.82) is 0 Å². The summed E-state index contributed by atoms with van der Waals surface area (Å²) in [7, 11) is 0. The van der Waals surface area contributed by atoms with Crippen LogP contribution in [0.5, 0.6) is 0 Å². The summed E-state index contributed by atoms with van der Waals surface area (Å²) in [6.45, 7) is 6.36. The summed E-state index contributed by atoms with van der Waals surface area (Å²) < 4.78 is 0. The van der Waals surface area contributed by atoms with E-state index in [4.69, 9.17) is 4.99 Å². The van der Waals surface area contributed by atoms with E-state index in [0.717, 1.165) is 12.1 Å². The molecule has 0 saturated heterocycles. The Labute approximate surface area is 116 Å². The van der Waals surface area contributed by atoms with E-state index in [-0.39, 0.29) is 6.04 Å². The van der Waals surface area contributed by atoms with Crippen molar-refractivity contribution in [3.63, 3.8) is 0 Å². The van der Waals surface area contributed by atoms with E-state index < -0.39 is 0 Å². The summed E-state index contributed by atoms with van der Waals surface area (Å²) in [4.78, 5) is 4.73. The van der Waals surface area contributed by atoms with Crippen LogP contribution < -0.4 is 0 Å². The lowest BCUT2D eigenvalue weighted by molar-refractivity contribution is 0.917. The molecule has 98 valence electrons. The molecule has 0 saturated carbocycles. The molecule has 1 aliphatic rings. The molecule has 19 heavy (non-hydrogen) atoms. The molecule has 0 heterocycles. The SMILES string of the molecule is CCC=CC(C)/N=C(\C)C1=C(c2ccccc2)C=C1. The van der Waals surface area contributed by atoms with Crippen LogP contribution in [0.25, 0.3) is 5.57 Å². The Hall–Kier alpha value is -1.89. The number of hydrogen-bond acceptors (Lipinski definition) is 1. The van der Waals surface area contributed by atoms with Crippen LogP contribution in [0.1, 0.15) is 32.8 Å². The van der Waals surface area contributed by atoms with Crippen molar-refractivity contribution in [2.24, 2.45) is 4.99 Å². The highest BCUT2D eigenvalue weighted by molar-refractivity contribution is 6.12. The quantitative estimate of drug-likeness (QED) is 0.525. The van der Waals surface area contributed by atoms with Crippen molar-refractivity contribution < 1.29 is 0 Å². The summed E-state index contributed by atoms with van der Waals surface area (Å²) in [6, 6.07) is 10.7. The fourth-order valence-electron chi connectivity index (χ4n) is 2.19. The average molecular weight is 251 g/mol. The minimum absolute atomic E-state index is 0.249. The fraction of sp³-hybridized carbons (Fsp3) is 0.278. The predicted molar refractivity (Wildman–Crippen MR) is 84.5 cm³/mol. The van der Waals surface area contributed by atoms with E-state index in [1.165, 1.54) is 16.7 Å². The van der Waals surface area contributed by atoms with Gasteiger partial charge in [-0.25, -0.2) is 0 Å². The summed E-state index contributed by atoms with van der Waals surface area (Å²) in [5.74, 6) is 0. The second-order valence-electron chi connectivity index (χ2n) is 4.82. The largest absolute Gasteiger partial charge is 0.282 e. The van der Waals surface area contributed by atoms with Gasteiger partial charge in [0.25, 0.3) is 0 Å². The first-order chi connectivity index (χ1) is 9.22. The van der Waals surface area contributed by atoms with E-state index in [1.807, 2.05) is 6.07 Å². The van der Waals surface area contributed by atoms with Crippen molar-refractivity contribution in [1.82, 2.24) is 0 Å². The zero-order valence-corrected chi connectivity index (χ0v) is 11.9. The summed E-state index contributed by atoms with van der Waals surface area (Å²) in [5, 5.41) is 0. The van der Waals surface area contributed by atoms with Crippen LogP contribution in [-0.2, 0) is 0 Å². The van der Waals surface area contributed by atoms with Crippen molar-refractivity contribution in [2.75, 3.05) is 0 Å². The molecule has 0 spiro atoms. The Balaban J connectivity index is 2.18. The molecule has 1 heteroatoms. The highest BCUT2D eigenvalue weighted by Gasteiger charge is 2.14. The molecule has 0 amide bonds. The number of nitrogens with zero attached hydrogens (tertiary/aromatic N) is 1. The molecule has 2 rings (SSSR count). The third kappa shape index (κ3) is 3.31. The van der Waals surface area contributed by atoms with Crippen LogP contribution in [0.15, 0.2) is 65.2 Å². The fourth-order valence-corrected chi connectivity index (χ4v) is 2.19. The number of hydrogen-bond donors (Lipinski definition) is 0. The van der Waals surface area contributed by atoms with Gasteiger partial charge in [-0.15, -0.1) is 0 Å². The second kappa shape index (κ2) is 6.33. The molecule has 0 bridgehead atoms. The van der Waals surface area contributed by atoms with Crippen LogP contribution in [0.3, 0.4) is 0 Å². The van der Waals surface area contributed by atoms with E-state index >= 15 is 0 Å². The molecule has 1 aromatic carbocycles. The first kappa shape index (κ1) is 13.5. The van der Waals surface area contributed by atoms with Crippen LogP contribution in [0, 0.1) is 0 Å². The molecule has 1 atom stereocenters. The minimum atomic E-state index is 0.249. The summed E-state index contributed by atoms with van der Waals surface area (Å²) in [6.07, 6.45) is 9.71. The van der Waals surface area contributed by atoms with Crippen molar-refractivity contribution in [2.45, 2.75) is 33.2 Å². The second-order valence-corrected chi connectivity index (χ2v) is 4.82. The molecule has 0 N–H and O–H groups in total. The number of benzene rings is 1. The number of rotatable bonds is 5. The predicted octanol–water partition coefficient (Wildman–Crippen LogP) is 4.83. The molecule has 0 fully saturated rings. The van der Waals surface area contributed by atoms with E-state index in [2.05, 4.69) is 69.3 Å². The molecule has 0 aliphatic heterocycles. The first-order valence-electron chi connectivity index (χ1n) is 6.91. The van der Waals surface area contributed by atoms with Crippen LogP contribution >= 0.6 is 0 Å². The summed E-state index contributed by atoms with van der Waals surface area (Å²) in [5.41, 5.74) is 4.96. The maximum atomic E-state index is 4.73. The van der Waals surface area contributed by atoms with E-state index in [9.17, 15) is 0 Å². The van der Waals surface area contributed by atoms with Gasteiger partial charge in [0.05, 0.1) is 6.04 Å². The lowest BCUT2D eigenvalue weighted by Gasteiger charge is -2.17. The van der Waals surface area contributed by atoms with Crippen molar-refractivity contribution in [3.8, 4) is 0 Å².